The average Bonchev–Trinajstić information content (AvgIpc) is 2.85. The van der Waals surface area contributed by atoms with E-state index < -0.39 is 5.97 Å². The molecule has 7 nitrogen and oxygen atoms in total. The molecule has 1 atom stereocenters. The molecule has 2 N–H and O–H groups in total. The number of aryl methyl sites for hydroxylation is 3. The number of carbonyl (C=O) groups is 2. The molecule has 1 heterocycles. The first-order chi connectivity index (χ1) is 11.2. The van der Waals surface area contributed by atoms with Crippen LogP contribution in [0.3, 0.4) is 0 Å². The van der Waals surface area contributed by atoms with Gasteiger partial charge in [0.15, 0.2) is 0 Å². The lowest BCUT2D eigenvalue weighted by Gasteiger charge is -2.16. The second-order valence-corrected chi connectivity index (χ2v) is 5.71. The summed E-state index contributed by atoms with van der Waals surface area (Å²) in [7, 11) is 3.21. The Morgan fingerprint density at radius 3 is 2.46 bits per heavy atom. The Morgan fingerprint density at radius 2 is 1.96 bits per heavy atom. The zero-order valence-electron chi connectivity index (χ0n) is 14.4. The number of amides is 1. The molecule has 128 valence electrons. The van der Waals surface area contributed by atoms with Crippen molar-refractivity contribution in [3.05, 3.63) is 46.3 Å². The van der Waals surface area contributed by atoms with Crippen LogP contribution in [-0.2, 0) is 7.05 Å². The van der Waals surface area contributed by atoms with Crippen LogP contribution in [-0.4, -0.2) is 33.9 Å². The van der Waals surface area contributed by atoms with Crippen LogP contribution in [0.1, 0.15) is 50.5 Å². The first-order valence-corrected chi connectivity index (χ1v) is 7.47. The molecule has 0 radical (unpaired) electrons. The molecule has 7 heteroatoms. The molecule has 2 aromatic rings. The quantitative estimate of drug-likeness (QED) is 0.876. The maximum absolute atomic E-state index is 12.6. The lowest BCUT2D eigenvalue weighted by molar-refractivity contribution is 0.0693. The number of ether oxygens (including phenoxy) is 1. The first-order valence-electron chi connectivity index (χ1n) is 7.47. The van der Waals surface area contributed by atoms with E-state index in [0.717, 1.165) is 11.3 Å². The summed E-state index contributed by atoms with van der Waals surface area (Å²) in [6.07, 6.45) is 1.85. The Hall–Kier alpha value is -2.83. The highest BCUT2D eigenvalue weighted by Gasteiger charge is 2.20. The minimum Gasteiger partial charge on any atom is -0.496 e. The van der Waals surface area contributed by atoms with Crippen molar-refractivity contribution in [2.45, 2.75) is 26.8 Å². The normalized spacial score (nSPS) is 11.9. The van der Waals surface area contributed by atoms with Crippen molar-refractivity contribution < 1.29 is 19.4 Å². The molecule has 0 fully saturated rings. The molecule has 0 bridgehead atoms. The number of carboxylic acid groups (broad SMARTS) is 1. The van der Waals surface area contributed by atoms with E-state index in [1.54, 1.807) is 17.7 Å². The third kappa shape index (κ3) is 3.40. The number of carbonyl (C=O) groups excluding carboxylic acids is 1. The van der Waals surface area contributed by atoms with Crippen molar-refractivity contribution in [3.63, 3.8) is 0 Å². The van der Waals surface area contributed by atoms with E-state index in [1.807, 2.05) is 27.1 Å². The molecule has 1 aromatic heterocycles. The second-order valence-electron chi connectivity index (χ2n) is 5.71. The van der Waals surface area contributed by atoms with Crippen molar-refractivity contribution in [1.29, 1.82) is 0 Å². The van der Waals surface area contributed by atoms with Gasteiger partial charge < -0.3 is 15.2 Å². The monoisotopic (exact) mass is 331 g/mol. The molecule has 0 aliphatic rings. The molecule has 0 spiro atoms. The predicted octanol–water partition coefficient (Wildman–Crippen LogP) is 2.23. The summed E-state index contributed by atoms with van der Waals surface area (Å²) >= 11 is 0. The SMILES string of the molecule is COc1cc(C)c(C(=O)NC(C)c2cn(C)nc2C)cc1C(=O)O. The number of nitrogens with one attached hydrogen (secondary N) is 1. The topological polar surface area (TPSA) is 93.5 Å². The number of methoxy groups -OCH3 is 1. The van der Waals surface area contributed by atoms with Crippen molar-refractivity contribution in [1.82, 2.24) is 15.1 Å². The number of carboxylic acids is 1. The highest BCUT2D eigenvalue weighted by atomic mass is 16.5. The van der Waals surface area contributed by atoms with Gasteiger partial charge in [0.2, 0.25) is 0 Å². The van der Waals surface area contributed by atoms with Crippen LogP contribution in [0.4, 0.5) is 0 Å². The molecule has 1 aromatic carbocycles. The maximum Gasteiger partial charge on any atom is 0.339 e. The molecule has 0 saturated heterocycles. The van der Waals surface area contributed by atoms with Gasteiger partial charge in [0.25, 0.3) is 5.91 Å². The number of aromatic carboxylic acids is 1. The third-order valence-corrected chi connectivity index (χ3v) is 3.89. The van der Waals surface area contributed by atoms with Crippen LogP contribution >= 0.6 is 0 Å². The van der Waals surface area contributed by atoms with Crippen molar-refractivity contribution in [2.24, 2.45) is 7.05 Å². The number of benzene rings is 1. The van der Waals surface area contributed by atoms with E-state index in [4.69, 9.17) is 4.74 Å². The van der Waals surface area contributed by atoms with Crippen molar-refractivity contribution in [2.75, 3.05) is 7.11 Å². The minimum absolute atomic E-state index is 0.0431. The number of hydrogen-bond donors (Lipinski definition) is 2. The molecule has 1 unspecified atom stereocenters. The Balaban J connectivity index is 2.31. The summed E-state index contributed by atoms with van der Waals surface area (Å²) < 4.78 is 6.76. The fraction of sp³-hybridized carbons (Fsp3) is 0.353. The standard InChI is InChI=1S/C17H21N3O4/c1-9-6-15(24-5)13(17(22)23)7-12(9)16(21)18-10(2)14-8-20(4)19-11(14)3/h6-8,10H,1-5H3,(H,18,21)(H,22,23). The molecule has 24 heavy (non-hydrogen) atoms. The van der Waals surface area contributed by atoms with Gasteiger partial charge in [0.1, 0.15) is 11.3 Å². The van der Waals surface area contributed by atoms with E-state index in [9.17, 15) is 14.7 Å². The van der Waals surface area contributed by atoms with Gasteiger partial charge in [0, 0.05) is 24.4 Å². The van der Waals surface area contributed by atoms with E-state index >= 15 is 0 Å². The zero-order valence-corrected chi connectivity index (χ0v) is 14.4. The first kappa shape index (κ1) is 17.5. The number of nitrogens with zero attached hydrogens (tertiary/aromatic N) is 2. The summed E-state index contributed by atoms with van der Waals surface area (Å²) in [6.45, 7) is 5.47. The summed E-state index contributed by atoms with van der Waals surface area (Å²) in [5.74, 6) is -1.25. The van der Waals surface area contributed by atoms with Crippen molar-refractivity contribution >= 4 is 11.9 Å². The van der Waals surface area contributed by atoms with Gasteiger partial charge in [-0.05, 0) is 38.5 Å². The second kappa shape index (κ2) is 6.74. The molecular formula is C17H21N3O4. The largest absolute Gasteiger partial charge is 0.496 e. The maximum atomic E-state index is 12.6. The van der Waals surface area contributed by atoms with Gasteiger partial charge in [-0.2, -0.15) is 5.10 Å². The Labute approximate surface area is 140 Å². The summed E-state index contributed by atoms with van der Waals surface area (Å²) in [4.78, 5) is 23.9. The van der Waals surface area contributed by atoms with Gasteiger partial charge in [-0.3, -0.25) is 9.48 Å². The molecule has 2 rings (SSSR count). The predicted molar refractivity (Wildman–Crippen MR) is 88.5 cm³/mol. The molecule has 0 aliphatic carbocycles. The van der Waals surface area contributed by atoms with Gasteiger partial charge in [0.05, 0.1) is 18.8 Å². The van der Waals surface area contributed by atoms with Crippen LogP contribution in [0.25, 0.3) is 0 Å². The highest BCUT2D eigenvalue weighted by Crippen LogP contribution is 2.24. The number of aromatic nitrogens is 2. The third-order valence-electron chi connectivity index (χ3n) is 3.89. The molecular weight excluding hydrogens is 310 g/mol. The fourth-order valence-electron chi connectivity index (χ4n) is 2.66. The average molecular weight is 331 g/mol. The molecule has 0 saturated carbocycles. The Kier molecular flexibility index (Phi) is 4.92. The number of rotatable bonds is 5. The van der Waals surface area contributed by atoms with Gasteiger partial charge in [-0.1, -0.05) is 0 Å². The summed E-state index contributed by atoms with van der Waals surface area (Å²) in [5.41, 5.74) is 2.66. The lowest BCUT2D eigenvalue weighted by Crippen LogP contribution is -2.27. The summed E-state index contributed by atoms with van der Waals surface area (Å²) in [5, 5.41) is 16.4. The molecule has 0 aliphatic heterocycles. The van der Waals surface area contributed by atoms with Crippen molar-refractivity contribution in [3.8, 4) is 5.75 Å². The van der Waals surface area contributed by atoms with E-state index in [-0.39, 0.29) is 23.3 Å². The van der Waals surface area contributed by atoms with Crippen LogP contribution in [0.2, 0.25) is 0 Å². The van der Waals surface area contributed by atoms with Gasteiger partial charge >= 0.3 is 5.97 Å². The van der Waals surface area contributed by atoms with E-state index in [0.29, 0.717) is 11.1 Å². The Morgan fingerprint density at radius 1 is 1.29 bits per heavy atom. The lowest BCUT2D eigenvalue weighted by atomic mass is 10.0. The Bertz CT molecular complexity index is 795. The highest BCUT2D eigenvalue weighted by molar-refractivity contribution is 6.00. The van der Waals surface area contributed by atoms with E-state index in [2.05, 4.69) is 10.4 Å². The number of hydrogen-bond acceptors (Lipinski definition) is 4. The van der Waals surface area contributed by atoms with Crippen LogP contribution in [0, 0.1) is 13.8 Å². The summed E-state index contributed by atoms with van der Waals surface area (Å²) in [6, 6.07) is 2.65. The fourth-order valence-corrected chi connectivity index (χ4v) is 2.66. The minimum atomic E-state index is -1.14. The van der Waals surface area contributed by atoms with Gasteiger partial charge in [-0.15, -0.1) is 0 Å². The zero-order chi connectivity index (χ0) is 18.0. The van der Waals surface area contributed by atoms with Crippen LogP contribution in [0.5, 0.6) is 5.75 Å². The van der Waals surface area contributed by atoms with Crippen LogP contribution < -0.4 is 10.1 Å². The van der Waals surface area contributed by atoms with Gasteiger partial charge in [-0.25, -0.2) is 4.79 Å². The smallest absolute Gasteiger partial charge is 0.339 e. The van der Waals surface area contributed by atoms with Crippen LogP contribution in [0.15, 0.2) is 18.3 Å². The van der Waals surface area contributed by atoms with E-state index in [1.165, 1.54) is 13.2 Å². The molecule has 1 amide bonds.